The van der Waals surface area contributed by atoms with Crippen LogP contribution in [0.3, 0.4) is 0 Å². The minimum Gasteiger partial charge on any atom is -0.345 e. The van der Waals surface area contributed by atoms with Crippen LogP contribution in [0.4, 0.5) is 5.69 Å². The Morgan fingerprint density at radius 3 is 2.46 bits per heavy atom. The van der Waals surface area contributed by atoms with Crippen molar-refractivity contribution in [3.63, 3.8) is 0 Å². The minimum absolute atomic E-state index is 0.171. The van der Waals surface area contributed by atoms with Crippen LogP contribution in [0.1, 0.15) is 10.4 Å². The van der Waals surface area contributed by atoms with Gasteiger partial charge in [0.2, 0.25) is 0 Å². The van der Waals surface area contributed by atoms with Crippen molar-refractivity contribution in [2.75, 3.05) is 14.1 Å². The number of amides is 1. The Hall–Kier alpha value is -3.05. The third kappa shape index (κ3) is 3.48. The molecule has 5 nitrogen and oxygen atoms in total. The van der Waals surface area contributed by atoms with Gasteiger partial charge in [0.25, 0.3) is 5.91 Å². The number of rotatable bonds is 4. The highest BCUT2D eigenvalue weighted by Crippen LogP contribution is 2.35. The van der Waals surface area contributed by atoms with E-state index in [1.165, 1.54) is 4.90 Å². The molecule has 0 atom stereocenters. The van der Waals surface area contributed by atoms with Crippen LogP contribution in [0.15, 0.2) is 59.9 Å². The number of nitrogens with zero attached hydrogens (tertiary/aromatic N) is 4. The van der Waals surface area contributed by atoms with Gasteiger partial charge in [-0.2, -0.15) is 0 Å². The van der Waals surface area contributed by atoms with Gasteiger partial charge in [0, 0.05) is 42.6 Å². The molecule has 0 aliphatic carbocycles. The number of halogens is 1. The second-order valence-electron chi connectivity index (χ2n) is 5.86. The van der Waals surface area contributed by atoms with Crippen molar-refractivity contribution in [3.8, 4) is 22.5 Å². The summed E-state index contributed by atoms with van der Waals surface area (Å²) < 4.78 is 0. The fraction of sp³-hybridized carbons (Fsp3) is 0.100. The molecule has 0 saturated heterocycles. The normalized spacial score (nSPS) is 10.4. The summed E-state index contributed by atoms with van der Waals surface area (Å²) in [5, 5.41) is 0.634. The number of hydrogen-bond acceptors (Lipinski definition) is 4. The molecule has 0 bridgehead atoms. The maximum Gasteiger partial charge on any atom is 0.255 e. The lowest BCUT2D eigenvalue weighted by molar-refractivity contribution is 0.0828. The summed E-state index contributed by atoms with van der Waals surface area (Å²) in [5.74, 6) is -0.171. The Bertz CT molecular complexity index is 954. The summed E-state index contributed by atoms with van der Waals surface area (Å²) in [7, 11) is 3.39. The van der Waals surface area contributed by atoms with E-state index in [9.17, 15) is 4.79 Å². The first-order chi connectivity index (χ1) is 12.5. The smallest absolute Gasteiger partial charge is 0.255 e. The van der Waals surface area contributed by atoms with Gasteiger partial charge in [-0.1, -0.05) is 23.7 Å². The fourth-order valence-electron chi connectivity index (χ4n) is 2.57. The lowest BCUT2D eigenvalue weighted by Crippen LogP contribution is -2.22. The average Bonchev–Trinajstić information content (AvgIpc) is 2.67. The average molecular weight is 365 g/mol. The Labute approximate surface area is 157 Å². The van der Waals surface area contributed by atoms with Crippen molar-refractivity contribution in [2.24, 2.45) is 4.99 Å². The standard InChI is InChI=1S/C20H17ClN4O/c1-22-19-16(20(26)25(2)3)11-17(13-6-8-15(21)9-7-13)24-18(19)14-5-4-10-23-12-14/h4-12H,1H2,2-3H3. The van der Waals surface area contributed by atoms with Crippen LogP contribution < -0.4 is 0 Å². The predicted octanol–water partition coefficient (Wildman–Crippen LogP) is 4.50. The van der Waals surface area contributed by atoms with Crippen LogP contribution in [-0.2, 0) is 0 Å². The lowest BCUT2D eigenvalue weighted by Gasteiger charge is -2.16. The van der Waals surface area contributed by atoms with Crippen LogP contribution >= 0.6 is 11.6 Å². The van der Waals surface area contributed by atoms with E-state index in [4.69, 9.17) is 16.6 Å². The van der Waals surface area contributed by atoms with Crippen LogP contribution in [-0.4, -0.2) is 41.6 Å². The zero-order valence-corrected chi connectivity index (χ0v) is 15.2. The summed E-state index contributed by atoms with van der Waals surface area (Å²) in [5.41, 5.74) is 3.70. The molecule has 0 N–H and O–H groups in total. The largest absolute Gasteiger partial charge is 0.345 e. The van der Waals surface area contributed by atoms with E-state index in [1.807, 2.05) is 24.3 Å². The van der Waals surface area contributed by atoms with Crippen molar-refractivity contribution in [2.45, 2.75) is 0 Å². The van der Waals surface area contributed by atoms with Crippen LogP contribution in [0.5, 0.6) is 0 Å². The predicted molar refractivity (Wildman–Crippen MR) is 105 cm³/mol. The second kappa shape index (κ2) is 7.45. The molecular weight excluding hydrogens is 348 g/mol. The van der Waals surface area contributed by atoms with E-state index in [2.05, 4.69) is 16.7 Å². The lowest BCUT2D eigenvalue weighted by atomic mass is 10.0. The monoisotopic (exact) mass is 364 g/mol. The van der Waals surface area contributed by atoms with E-state index < -0.39 is 0 Å². The Kier molecular flexibility index (Phi) is 5.09. The van der Waals surface area contributed by atoms with Gasteiger partial charge in [-0.3, -0.25) is 14.8 Å². The second-order valence-corrected chi connectivity index (χ2v) is 6.29. The molecule has 6 heteroatoms. The number of pyridine rings is 2. The molecule has 2 aromatic heterocycles. The molecule has 3 rings (SSSR count). The van der Waals surface area contributed by atoms with Crippen molar-refractivity contribution in [1.29, 1.82) is 0 Å². The first kappa shape index (κ1) is 17.8. The van der Waals surface area contributed by atoms with Gasteiger partial charge >= 0.3 is 0 Å². The Morgan fingerprint density at radius 1 is 1.15 bits per heavy atom. The molecule has 1 amide bonds. The van der Waals surface area contributed by atoms with Crippen molar-refractivity contribution < 1.29 is 4.79 Å². The van der Waals surface area contributed by atoms with E-state index in [-0.39, 0.29) is 5.91 Å². The molecule has 3 aromatic rings. The number of hydrogen-bond donors (Lipinski definition) is 0. The SMILES string of the molecule is C=Nc1c(C(=O)N(C)C)cc(-c2ccc(Cl)cc2)nc1-c1cccnc1. The van der Waals surface area contributed by atoms with Crippen LogP contribution in [0.25, 0.3) is 22.5 Å². The molecule has 1 aromatic carbocycles. The summed E-state index contributed by atoms with van der Waals surface area (Å²) in [6, 6.07) is 12.7. The zero-order chi connectivity index (χ0) is 18.7. The highest BCUT2D eigenvalue weighted by molar-refractivity contribution is 6.30. The van der Waals surface area contributed by atoms with Crippen molar-refractivity contribution in [3.05, 3.63) is 65.4 Å². The molecule has 0 fully saturated rings. The quantitative estimate of drug-likeness (QED) is 0.640. The van der Waals surface area contributed by atoms with Gasteiger partial charge in [0.05, 0.1) is 17.0 Å². The van der Waals surface area contributed by atoms with E-state index in [0.717, 1.165) is 11.1 Å². The number of aromatic nitrogens is 2. The summed E-state index contributed by atoms with van der Waals surface area (Å²) in [6.45, 7) is 3.63. The van der Waals surface area contributed by atoms with Gasteiger partial charge in [-0.25, -0.2) is 4.98 Å². The first-order valence-electron chi connectivity index (χ1n) is 7.91. The number of carbonyl (C=O) groups excluding carboxylic acids is 1. The highest BCUT2D eigenvalue weighted by Gasteiger charge is 2.20. The van der Waals surface area contributed by atoms with Gasteiger partial charge in [-0.15, -0.1) is 0 Å². The first-order valence-corrected chi connectivity index (χ1v) is 8.29. The summed E-state index contributed by atoms with van der Waals surface area (Å²) >= 11 is 5.98. The number of aliphatic imine (C=N–C) groups is 1. The number of carbonyl (C=O) groups is 1. The number of benzene rings is 1. The van der Waals surface area contributed by atoms with E-state index in [1.54, 1.807) is 44.7 Å². The molecule has 0 saturated carbocycles. The van der Waals surface area contributed by atoms with Crippen LogP contribution in [0, 0.1) is 0 Å². The molecule has 0 spiro atoms. The summed E-state index contributed by atoms with van der Waals surface area (Å²) in [4.78, 5) is 27.2. The van der Waals surface area contributed by atoms with Crippen molar-refractivity contribution in [1.82, 2.24) is 14.9 Å². The Morgan fingerprint density at radius 2 is 1.88 bits per heavy atom. The molecule has 130 valence electrons. The molecule has 2 heterocycles. The molecule has 0 aliphatic heterocycles. The van der Waals surface area contributed by atoms with Crippen molar-refractivity contribution >= 4 is 29.9 Å². The molecule has 0 radical (unpaired) electrons. The maximum absolute atomic E-state index is 12.7. The fourth-order valence-corrected chi connectivity index (χ4v) is 2.70. The topological polar surface area (TPSA) is 58.5 Å². The van der Waals surface area contributed by atoms with Gasteiger partial charge in [0.15, 0.2) is 0 Å². The van der Waals surface area contributed by atoms with E-state index in [0.29, 0.717) is 27.7 Å². The molecular formula is C20H17ClN4O. The van der Waals surface area contributed by atoms with Crippen LogP contribution in [0.2, 0.25) is 5.02 Å². The van der Waals surface area contributed by atoms with Gasteiger partial charge < -0.3 is 4.90 Å². The van der Waals surface area contributed by atoms with Gasteiger partial charge in [-0.05, 0) is 37.0 Å². The summed E-state index contributed by atoms with van der Waals surface area (Å²) in [6.07, 6.45) is 3.37. The minimum atomic E-state index is -0.171. The maximum atomic E-state index is 12.7. The molecule has 0 unspecified atom stereocenters. The van der Waals surface area contributed by atoms with E-state index >= 15 is 0 Å². The molecule has 0 aliphatic rings. The highest BCUT2D eigenvalue weighted by atomic mass is 35.5. The zero-order valence-electron chi connectivity index (χ0n) is 14.5. The third-order valence-electron chi connectivity index (χ3n) is 3.86. The third-order valence-corrected chi connectivity index (χ3v) is 4.11. The van der Waals surface area contributed by atoms with Gasteiger partial charge in [0.1, 0.15) is 5.69 Å². The Balaban J connectivity index is 2.30. The molecule has 26 heavy (non-hydrogen) atoms.